The summed E-state index contributed by atoms with van der Waals surface area (Å²) >= 11 is 0. The van der Waals surface area contributed by atoms with Crippen LogP contribution in [0.4, 0.5) is 0 Å². The minimum Gasteiger partial charge on any atom is -0.350 e. The molecule has 2 aromatic rings. The van der Waals surface area contributed by atoms with Crippen LogP contribution in [0, 0.1) is 0 Å². The molecule has 2 rings (SSSR count). The number of aromatic nitrogens is 2. The smallest absolute Gasteiger partial charge is 0.328 e. The highest BCUT2D eigenvalue weighted by molar-refractivity contribution is 5.94. The Balaban J connectivity index is 1.89. The zero-order valence-electron chi connectivity index (χ0n) is 14.7. The van der Waals surface area contributed by atoms with Gasteiger partial charge in [0.05, 0.1) is 0 Å². The summed E-state index contributed by atoms with van der Waals surface area (Å²) in [5.74, 6) is -0.495. The van der Waals surface area contributed by atoms with Crippen LogP contribution in [0.15, 0.2) is 46.1 Å². The van der Waals surface area contributed by atoms with Crippen molar-refractivity contribution in [3.8, 4) is 0 Å². The Labute approximate surface area is 150 Å². The number of hydrogen-bond donors (Lipinski definition) is 3. The molecular weight excluding hydrogens is 336 g/mol. The van der Waals surface area contributed by atoms with E-state index in [-0.39, 0.29) is 30.9 Å². The van der Waals surface area contributed by atoms with Crippen molar-refractivity contribution in [3.63, 3.8) is 0 Å². The summed E-state index contributed by atoms with van der Waals surface area (Å²) < 4.78 is 1.11. The number of nitrogens with zero attached hydrogens (tertiary/aromatic N) is 1. The Morgan fingerprint density at radius 3 is 2.46 bits per heavy atom. The summed E-state index contributed by atoms with van der Waals surface area (Å²) in [5.41, 5.74) is 0.237. The maximum absolute atomic E-state index is 12.0. The molecular formula is C18H22N4O4. The van der Waals surface area contributed by atoms with E-state index in [4.69, 9.17) is 0 Å². The highest BCUT2D eigenvalue weighted by Crippen LogP contribution is 2.05. The van der Waals surface area contributed by atoms with Crippen LogP contribution in [0.2, 0.25) is 0 Å². The molecule has 0 bridgehead atoms. The number of H-pyrrole nitrogens is 1. The molecule has 3 N–H and O–H groups in total. The molecule has 0 fully saturated rings. The fourth-order valence-electron chi connectivity index (χ4n) is 2.16. The normalized spacial score (nSPS) is 11.6. The number of aromatic amines is 1. The second kappa shape index (κ2) is 8.80. The van der Waals surface area contributed by atoms with E-state index >= 15 is 0 Å². The quantitative estimate of drug-likeness (QED) is 0.664. The molecule has 26 heavy (non-hydrogen) atoms. The van der Waals surface area contributed by atoms with Gasteiger partial charge in [0.2, 0.25) is 5.91 Å². The van der Waals surface area contributed by atoms with Crippen LogP contribution in [0.1, 0.15) is 36.2 Å². The van der Waals surface area contributed by atoms with E-state index in [0.717, 1.165) is 16.6 Å². The highest BCUT2D eigenvalue weighted by atomic mass is 16.2. The number of carbonyl (C=O) groups is 2. The minimum atomic E-state index is -0.635. The Morgan fingerprint density at radius 1 is 1.15 bits per heavy atom. The van der Waals surface area contributed by atoms with E-state index in [1.54, 1.807) is 24.3 Å². The fourth-order valence-corrected chi connectivity index (χ4v) is 2.16. The first-order valence-electron chi connectivity index (χ1n) is 8.35. The molecule has 1 unspecified atom stereocenters. The van der Waals surface area contributed by atoms with Crippen LogP contribution in [0.25, 0.3) is 0 Å². The van der Waals surface area contributed by atoms with Gasteiger partial charge in [-0.05, 0) is 31.0 Å². The van der Waals surface area contributed by atoms with E-state index in [9.17, 15) is 19.2 Å². The lowest BCUT2D eigenvalue weighted by molar-refractivity contribution is -0.121. The van der Waals surface area contributed by atoms with E-state index in [1.165, 1.54) is 12.3 Å². The summed E-state index contributed by atoms with van der Waals surface area (Å²) in [5, 5.41) is 5.57. The zero-order chi connectivity index (χ0) is 19.1. The molecule has 0 saturated heterocycles. The second-order valence-corrected chi connectivity index (χ2v) is 5.99. The summed E-state index contributed by atoms with van der Waals surface area (Å²) in [6.45, 7) is 4.02. The van der Waals surface area contributed by atoms with Crippen molar-refractivity contribution in [3.05, 3.63) is 68.5 Å². The van der Waals surface area contributed by atoms with Crippen molar-refractivity contribution in [1.82, 2.24) is 20.2 Å². The molecule has 1 heterocycles. The molecule has 1 aromatic heterocycles. The molecule has 1 atom stereocenters. The Kier molecular flexibility index (Phi) is 6.48. The summed E-state index contributed by atoms with van der Waals surface area (Å²) in [7, 11) is 0. The third kappa shape index (κ3) is 5.44. The van der Waals surface area contributed by atoms with E-state index in [2.05, 4.69) is 15.6 Å². The van der Waals surface area contributed by atoms with Gasteiger partial charge in [0.15, 0.2) is 0 Å². The number of hydrogen-bond acceptors (Lipinski definition) is 4. The average Bonchev–Trinajstić information content (AvgIpc) is 2.62. The van der Waals surface area contributed by atoms with Gasteiger partial charge in [-0.1, -0.05) is 19.1 Å². The Morgan fingerprint density at radius 2 is 1.85 bits per heavy atom. The SMILES string of the molecule is CCC(C)NC(=O)c1ccc(CNC(=O)Cn2ccc(=O)[nH]c2=O)cc1. The van der Waals surface area contributed by atoms with Crippen LogP contribution < -0.4 is 21.9 Å². The van der Waals surface area contributed by atoms with Crippen LogP contribution in [0.3, 0.4) is 0 Å². The lowest BCUT2D eigenvalue weighted by Crippen LogP contribution is -2.35. The highest BCUT2D eigenvalue weighted by Gasteiger charge is 2.09. The van der Waals surface area contributed by atoms with Gasteiger partial charge in [0.25, 0.3) is 11.5 Å². The topological polar surface area (TPSA) is 113 Å². The van der Waals surface area contributed by atoms with Gasteiger partial charge in [-0.25, -0.2) is 4.79 Å². The van der Waals surface area contributed by atoms with Gasteiger partial charge in [-0.15, -0.1) is 0 Å². The average molecular weight is 358 g/mol. The van der Waals surface area contributed by atoms with E-state index in [0.29, 0.717) is 5.56 Å². The molecule has 138 valence electrons. The number of nitrogens with one attached hydrogen (secondary N) is 3. The molecule has 0 saturated carbocycles. The lowest BCUT2D eigenvalue weighted by Gasteiger charge is -2.12. The van der Waals surface area contributed by atoms with Gasteiger partial charge in [0, 0.05) is 30.4 Å². The van der Waals surface area contributed by atoms with Crippen LogP contribution in [0.5, 0.6) is 0 Å². The third-order valence-electron chi connectivity index (χ3n) is 3.91. The lowest BCUT2D eigenvalue weighted by atomic mass is 10.1. The van der Waals surface area contributed by atoms with E-state index in [1.807, 2.05) is 13.8 Å². The minimum absolute atomic E-state index is 0.109. The first-order chi connectivity index (χ1) is 12.4. The largest absolute Gasteiger partial charge is 0.350 e. The summed E-state index contributed by atoms with van der Waals surface area (Å²) in [6, 6.07) is 8.21. The number of rotatable bonds is 7. The molecule has 0 aliphatic rings. The van der Waals surface area contributed by atoms with Gasteiger partial charge in [-0.3, -0.25) is 23.9 Å². The maximum atomic E-state index is 12.0. The first kappa shape index (κ1) is 19.2. The molecule has 1 aromatic carbocycles. The van der Waals surface area contributed by atoms with Crippen molar-refractivity contribution >= 4 is 11.8 Å². The standard InChI is InChI=1S/C18H22N4O4/c1-3-12(2)20-17(25)14-6-4-13(5-7-14)10-19-16(24)11-22-9-8-15(23)21-18(22)26/h4-9,12H,3,10-11H2,1-2H3,(H,19,24)(H,20,25)(H,21,23,26). The fraction of sp³-hybridized carbons (Fsp3) is 0.333. The molecule has 0 spiro atoms. The molecule has 8 heteroatoms. The van der Waals surface area contributed by atoms with Crippen LogP contribution in [-0.4, -0.2) is 27.4 Å². The summed E-state index contributed by atoms with van der Waals surface area (Å²) in [6.07, 6.45) is 2.12. The predicted molar refractivity (Wildman–Crippen MR) is 96.8 cm³/mol. The summed E-state index contributed by atoms with van der Waals surface area (Å²) in [4.78, 5) is 48.6. The van der Waals surface area contributed by atoms with Crippen molar-refractivity contribution in [2.24, 2.45) is 0 Å². The molecule has 0 aliphatic heterocycles. The number of amides is 2. The maximum Gasteiger partial charge on any atom is 0.328 e. The van der Waals surface area contributed by atoms with Crippen molar-refractivity contribution in [1.29, 1.82) is 0 Å². The monoisotopic (exact) mass is 358 g/mol. The first-order valence-corrected chi connectivity index (χ1v) is 8.35. The van der Waals surface area contributed by atoms with Gasteiger partial charge in [0.1, 0.15) is 6.54 Å². The Hall–Kier alpha value is -3.16. The third-order valence-corrected chi connectivity index (χ3v) is 3.91. The van der Waals surface area contributed by atoms with Crippen LogP contribution >= 0.6 is 0 Å². The van der Waals surface area contributed by atoms with Gasteiger partial charge >= 0.3 is 5.69 Å². The molecule has 0 radical (unpaired) electrons. The van der Waals surface area contributed by atoms with Crippen molar-refractivity contribution in [2.75, 3.05) is 0 Å². The number of carbonyl (C=O) groups excluding carboxylic acids is 2. The van der Waals surface area contributed by atoms with Crippen molar-refractivity contribution in [2.45, 2.75) is 39.4 Å². The second-order valence-electron chi connectivity index (χ2n) is 5.99. The van der Waals surface area contributed by atoms with Crippen molar-refractivity contribution < 1.29 is 9.59 Å². The van der Waals surface area contributed by atoms with E-state index < -0.39 is 11.2 Å². The van der Waals surface area contributed by atoms with Crippen LogP contribution in [-0.2, 0) is 17.9 Å². The molecule has 8 nitrogen and oxygen atoms in total. The molecule has 0 aliphatic carbocycles. The zero-order valence-corrected chi connectivity index (χ0v) is 14.7. The molecule has 2 amide bonds. The van der Waals surface area contributed by atoms with Gasteiger partial charge < -0.3 is 10.6 Å². The Bertz CT molecular complexity index is 883. The number of benzene rings is 1. The van der Waals surface area contributed by atoms with Gasteiger partial charge in [-0.2, -0.15) is 0 Å². The predicted octanol–water partition coefficient (Wildman–Crippen LogP) is 0.381.